The lowest BCUT2D eigenvalue weighted by atomic mass is 9.85. The summed E-state index contributed by atoms with van der Waals surface area (Å²) in [5, 5.41) is 11.9. The Bertz CT molecular complexity index is 649. The first kappa shape index (κ1) is 14.7. The van der Waals surface area contributed by atoms with Crippen molar-refractivity contribution < 1.29 is 14.7 Å². The SMILES string of the molecule is CC(C)(C(=O)O)c1ccc(NC(=O)c2ccncc2)cc1. The van der Waals surface area contributed by atoms with Gasteiger partial charge in [0, 0.05) is 23.6 Å². The van der Waals surface area contributed by atoms with Gasteiger partial charge in [-0.25, -0.2) is 0 Å². The highest BCUT2D eigenvalue weighted by Gasteiger charge is 2.29. The van der Waals surface area contributed by atoms with Crippen LogP contribution in [-0.2, 0) is 10.2 Å². The third kappa shape index (κ3) is 3.25. The number of benzene rings is 1. The molecule has 5 heteroatoms. The summed E-state index contributed by atoms with van der Waals surface area (Å²) in [5.41, 5.74) is 0.840. The normalized spacial score (nSPS) is 11.0. The zero-order valence-electron chi connectivity index (χ0n) is 11.8. The van der Waals surface area contributed by atoms with E-state index in [9.17, 15) is 14.7 Å². The molecule has 0 aliphatic heterocycles. The van der Waals surface area contributed by atoms with Gasteiger partial charge in [-0.05, 0) is 43.7 Å². The summed E-state index contributed by atoms with van der Waals surface area (Å²) in [6.45, 7) is 3.28. The lowest BCUT2D eigenvalue weighted by molar-refractivity contribution is -0.142. The van der Waals surface area contributed by atoms with Crippen molar-refractivity contribution in [2.24, 2.45) is 0 Å². The zero-order valence-corrected chi connectivity index (χ0v) is 11.8. The van der Waals surface area contributed by atoms with E-state index in [0.29, 0.717) is 16.8 Å². The van der Waals surface area contributed by atoms with Crippen molar-refractivity contribution in [3.8, 4) is 0 Å². The Hall–Kier alpha value is -2.69. The fourth-order valence-corrected chi connectivity index (χ4v) is 1.80. The van der Waals surface area contributed by atoms with Crippen LogP contribution in [0.1, 0.15) is 29.8 Å². The minimum atomic E-state index is -0.965. The van der Waals surface area contributed by atoms with Crippen molar-refractivity contribution >= 4 is 17.6 Å². The Balaban J connectivity index is 2.14. The van der Waals surface area contributed by atoms with Crippen molar-refractivity contribution in [3.63, 3.8) is 0 Å². The molecule has 0 aliphatic rings. The van der Waals surface area contributed by atoms with E-state index >= 15 is 0 Å². The first-order valence-electron chi connectivity index (χ1n) is 6.46. The molecular formula is C16H16N2O3. The number of nitrogens with zero attached hydrogens (tertiary/aromatic N) is 1. The van der Waals surface area contributed by atoms with Crippen LogP contribution in [0.25, 0.3) is 0 Å². The largest absolute Gasteiger partial charge is 0.481 e. The van der Waals surface area contributed by atoms with Gasteiger partial charge in [0.25, 0.3) is 5.91 Å². The highest BCUT2D eigenvalue weighted by atomic mass is 16.4. The molecule has 1 heterocycles. The molecule has 0 bridgehead atoms. The Morgan fingerprint density at radius 2 is 1.62 bits per heavy atom. The van der Waals surface area contributed by atoms with Crippen LogP contribution < -0.4 is 5.32 Å². The van der Waals surface area contributed by atoms with E-state index in [1.807, 2.05) is 0 Å². The van der Waals surface area contributed by atoms with Crippen LogP contribution in [0.5, 0.6) is 0 Å². The number of carbonyl (C=O) groups excluding carboxylic acids is 1. The maximum absolute atomic E-state index is 12.0. The number of aromatic nitrogens is 1. The molecular weight excluding hydrogens is 268 g/mol. The van der Waals surface area contributed by atoms with Gasteiger partial charge in [0.05, 0.1) is 5.41 Å². The van der Waals surface area contributed by atoms with E-state index in [4.69, 9.17) is 0 Å². The molecule has 0 saturated heterocycles. The molecule has 0 atom stereocenters. The second-order valence-electron chi connectivity index (χ2n) is 5.20. The number of hydrogen-bond acceptors (Lipinski definition) is 3. The fourth-order valence-electron chi connectivity index (χ4n) is 1.80. The fraction of sp³-hybridized carbons (Fsp3) is 0.188. The minimum Gasteiger partial charge on any atom is -0.481 e. The average molecular weight is 284 g/mol. The standard InChI is InChI=1S/C16H16N2O3/c1-16(2,15(20)21)12-3-5-13(6-4-12)18-14(19)11-7-9-17-10-8-11/h3-10H,1-2H3,(H,18,19)(H,20,21). The molecule has 0 aliphatic carbocycles. The van der Waals surface area contributed by atoms with Gasteiger partial charge < -0.3 is 10.4 Å². The van der Waals surface area contributed by atoms with Crippen LogP contribution in [-0.4, -0.2) is 22.0 Å². The monoisotopic (exact) mass is 284 g/mol. The first-order chi connectivity index (χ1) is 9.91. The van der Waals surface area contributed by atoms with Gasteiger partial charge in [-0.2, -0.15) is 0 Å². The number of amides is 1. The summed E-state index contributed by atoms with van der Waals surface area (Å²) in [6, 6.07) is 10.0. The molecule has 108 valence electrons. The van der Waals surface area contributed by atoms with Crippen LogP contribution in [0.15, 0.2) is 48.8 Å². The average Bonchev–Trinajstić information content (AvgIpc) is 2.48. The van der Waals surface area contributed by atoms with Crippen LogP contribution in [0, 0.1) is 0 Å². The molecule has 0 unspecified atom stereocenters. The number of rotatable bonds is 4. The minimum absolute atomic E-state index is 0.234. The molecule has 0 fully saturated rings. The molecule has 1 aromatic heterocycles. The summed E-state index contributed by atoms with van der Waals surface area (Å²) in [7, 11) is 0. The third-order valence-electron chi connectivity index (χ3n) is 3.34. The maximum atomic E-state index is 12.0. The van der Waals surface area contributed by atoms with Crippen LogP contribution in [0.2, 0.25) is 0 Å². The number of anilines is 1. The predicted molar refractivity (Wildman–Crippen MR) is 79.3 cm³/mol. The first-order valence-corrected chi connectivity index (χ1v) is 6.46. The highest BCUT2D eigenvalue weighted by Crippen LogP contribution is 2.24. The number of nitrogens with one attached hydrogen (secondary N) is 1. The molecule has 1 aromatic carbocycles. The Morgan fingerprint density at radius 1 is 1.05 bits per heavy atom. The molecule has 2 rings (SSSR count). The Labute approximate surface area is 122 Å². The molecule has 0 saturated carbocycles. The second-order valence-corrected chi connectivity index (χ2v) is 5.20. The summed E-state index contributed by atoms with van der Waals surface area (Å²) in [5.74, 6) is -1.13. The van der Waals surface area contributed by atoms with Crippen molar-refractivity contribution in [1.82, 2.24) is 4.98 Å². The smallest absolute Gasteiger partial charge is 0.313 e. The quantitative estimate of drug-likeness (QED) is 0.904. The number of carboxylic acid groups (broad SMARTS) is 1. The zero-order chi connectivity index (χ0) is 15.5. The van der Waals surface area contributed by atoms with E-state index < -0.39 is 11.4 Å². The van der Waals surface area contributed by atoms with E-state index in [0.717, 1.165) is 0 Å². The molecule has 21 heavy (non-hydrogen) atoms. The number of pyridine rings is 1. The van der Waals surface area contributed by atoms with Gasteiger partial charge in [-0.15, -0.1) is 0 Å². The van der Waals surface area contributed by atoms with Gasteiger partial charge in [-0.1, -0.05) is 12.1 Å². The Morgan fingerprint density at radius 3 is 2.14 bits per heavy atom. The van der Waals surface area contributed by atoms with Crippen LogP contribution in [0.3, 0.4) is 0 Å². The van der Waals surface area contributed by atoms with E-state index in [1.165, 1.54) is 0 Å². The molecule has 0 radical (unpaired) electrons. The molecule has 1 amide bonds. The van der Waals surface area contributed by atoms with Crippen molar-refractivity contribution in [1.29, 1.82) is 0 Å². The summed E-state index contributed by atoms with van der Waals surface area (Å²) in [6.07, 6.45) is 3.10. The van der Waals surface area contributed by atoms with Crippen molar-refractivity contribution in [3.05, 3.63) is 59.9 Å². The topological polar surface area (TPSA) is 79.3 Å². The summed E-state index contributed by atoms with van der Waals surface area (Å²) < 4.78 is 0. The number of aliphatic carboxylic acids is 1. The number of carboxylic acids is 1. The summed E-state index contributed by atoms with van der Waals surface area (Å²) in [4.78, 5) is 27.0. The van der Waals surface area contributed by atoms with Crippen LogP contribution >= 0.6 is 0 Å². The number of hydrogen-bond donors (Lipinski definition) is 2. The second kappa shape index (κ2) is 5.75. The molecule has 2 N–H and O–H groups in total. The van der Waals surface area contributed by atoms with E-state index in [1.54, 1.807) is 62.6 Å². The van der Waals surface area contributed by atoms with Gasteiger partial charge in [0.15, 0.2) is 0 Å². The third-order valence-corrected chi connectivity index (χ3v) is 3.34. The number of carbonyl (C=O) groups is 2. The van der Waals surface area contributed by atoms with Gasteiger partial charge >= 0.3 is 5.97 Å². The Kier molecular flexibility index (Phi) is 4.03. The van der Waals surface area contributed by atoms with E-state index in [-0.39, 0.29) is 5.91 Å². The lowest BCUT2D eigenvalue weighted by Crippen LogP contribution is -2.28. The molecule has 0 spiro atoms. The maximum Gasteiger partial charge on any atom is 0.313 e. The predicted octanol–water partition coefficient (Wildman–Crippen LogP) is 2.70. The van der Waals surface area contributed by atoms with Gasteiger partial charge in [-0.3, -0.25) is 14.6 Å². The molecule has 2 aromatic rings. The van der Waals surface area contributed by atoms with Crippen molar-refractivity contribution in [2.45, 2.75) is 19.3 Å². The van der Waals surface area contributed by atoms with E-state index in [2.05, 4.69) is 10.3 Å². The summed E-state index contributed by atoms with van der Waals surface area (Å²) >= 11 is 0. The molecule has 5 nitrogen and oxygen atoms in total. The van der Waals surface area contributed by atoms with Crippen LogP contribution in [0.4, 0.5) is 5.69 Å². The van der Waals surface area contributed by atoms with Crippen molar-refractivity contribution in [2.75, 3.05) is 5.32 Å². The lowest BCUT2D eigenvalue weighted by Gasteiger charge is -2.19. The van der Waals surface area contributed by atoms with Gasteiger partial charge in [0.2, 0.25) is 0 Å². The highest BCUT2D eigenvalue weighted by molar-refractivity contribution is 6.04. The van der Waals surface area contributed by atoms with Gasteiger partial charge in [0.1, 0.15) is 0 Å².